The molecule has 20 heavy (non-hydrogen) atoms. The maximum atomic E-state index is 12.7. The molecular weight excluding hydrogens is 322 g/mol. The van der Waals surface area contributed by atoms with E-state index < -0.39 is 16.0 Å². The molecule has 5 nitrogen and oxygen atoms in total. The molecule has 0 amide bonds. The van der Waals surface area contributed by atoms with Gasteiger partial charge < -0.3 is 4.74 Å². The highest BCUT2D eigenvalue weighted by Crippen LogP contribution is 2.34. The van der Waals surface area contributed by atoms with Crippen LogP contribution in [0.15, 0.2) is 11.0 Å². The van der Waals surface area contributed by atoms with E-state index in [1.54, 1.807) is 0 Å². The van der Waals surface area contributed by atoms with E-state index in [9.17, 15) is 13.2 Å². The van der Waals surface area contributed by atoms with E-state index in [4.69, 9.17) is 11.6 Å². The standard InChI is InChI=1S/C12H16ClNO4S2/c1-8-4-3-5-14(7-8)20(16,17)9-6-10(13)19-11(9)12(15)18-2/h6,8H,3-5,7H2,1-2H3/t8-/m0/s1. The van der Waals surface area contributed by atoms with Gasteiger partial charge >= 0.3 is 5.97 Å². The Morgan fingerprint density at radius 3 is 2.85 bits per heavy atom. The molecule has 0 bridgehead atoms. The van der Waals surface area contributed by atoms with Crippen molar-refractivity contribution >= 4 is 38.9 Å². The number of piperidine rings is 1. The molecule has 0 aromatic carbocycles. The van der Waals surface area contributed by atoms with Crippen molar-refractivity contribution < 1.29 is 17.9 Å². The van der Waals surface area contributed by atoms with Crippen LogP contribution in [0.25, 0.3) is 0 Å². The van der Waals surface area contributed by atoms with Gasteiger partial charge in [0.05, 0.1) is 11.4 Å². The predicted octanol–water partition coefficient (Wildman–Crippen LogP) is 2.61. The Balaban J connectivity index is 2.41. The zero-order chi connectivity index (χ0) is 14.9. The minimum atomic E-state index is -3.70. The summed E-state index contributed by atoms with van der Waals surface area (Å²) in [5.41, 5.74) is 0. The van der Waals surface area contributed by atoms with Crippen molar-refractivity contribution in [2.45, 2.75) is 24.7 Å². The van der Waals surface area contributed by atoms with Crippen LogP contribution in [0.2, 0.25) is 4.34 Å². The van der Waals surface area contributed by atoms with Crippen LogP contribution in [-0.4, -0.2) is 38.9 Å². The summed E-state index contributed by atoms with van der Waals surface area (Å²) in [5.74, 6) is -0.361. The fraction of sp³-hybridized carbons (Fsp3) is 0.583. The Hall–Kier alpha value is -0.630. The van der Waals surface area contributed by atoms with Gasteiger partial charge in [0, 0.05) is 13.1 Å². The molecule has 0 aliphatic carbocycles. The summed E-state index contributed by atoms with van der Waals surface area (Å²) in [6, 6.07) is 1.33. The second kappa shape index (κ2) is 6.01. The highest BCUT2D eigenvalue weighted by Gasteiger charge is 2.33. The van der Waals surface area contributed by atoms with Crippen LogP contribution < -0.4 is 0 Å². The lowest BCUT2D eigenvalue weighted by Gasteiger charge is -2.29. The number of carbonyl (C=O) groups excluding carboxylic acids is 1. The normalized spacial score (nSPS) is 20.9. The summed E-state index contributed by atoms with van der Waals surface area (Å²) >= 11 is 6.79. The van der Waals surface area contributed by atoms with Gasteiger partial charge in [-0.15, -0.1) is 11.3 Å². The third kappa shape index (κ3) is 3.00. The minimum Gasteiger partial charge on any atom is -0.465 e. The molecule has 0 N–H and O–H groups in total. The van der Waals surface area contributed by atoms with Crippen molar-refractivity contribution in [1.29, 1.82) is 0 Å². The SMILES string of the molecule is COC(=O)c1sc(Cl)cc1S(=O)(=O)N1CCC[C@H](C)C1. The number of nitrogens with zero attached hydrogens (tertiary/aromatic N) is 1. The van der Waals surface area contributed by atoms with Gasteiger partial charge in [-0.3, -0.25) is 0 Å². The quantitative estimate of drug-likeness (QED) is 0.795. The predicted molar refractivity (Wildman–Crippen MR) is 77.8 cm³/mol. The van der Waals surface area contributed by atoms with Crippen molar-refractivity contribution in [2.75, 3.05) is 20.2 Å². The van der Waals surface area contributed by atoms with Gasteiger partial charge in [-0.25, -0.2) is 13.2 Å². The summed E-state index contributed by atoms with van der Waals surface area (Å²) in [6.07, 6.45) is 1.84. The number of hydrogen-bond acceptors (Lipinski definition) is 5. The maximum absolute atomic E-state index is 12.7. The fourth-order valence-corrected chi connectivity index (χ4v) is 5.58. The molecule has 8 heteroatoms. The number of rotatable bonds is 3. The molecule has 0 radical (unpaired) electrons. The van der Waals surface area contributed by atoms with E-state index in [1.165, 1.54) is 17.5 Å². The molecule has 2 heterocycles. The zero-order valence-corrected chi connectivity index (χ0v) is 13.6. The molecule has 0 saturated carbocycles. The lowest BCUT2D eigenvalue weighted by molar-refractivity contribution is 0.0602. The molecule has 1 atom stereocenters. The Morgan fingerprint density at radius 2 is 2.25 bits per heavy atom. The molecule has 1 aromatic heterocycles. The monoisotopic (exact) mass is 337 g/mol. The van der Waals surface area contributed by atoms with Gasteiger partial charge in [0.2, 0.25) is 10.0 Å². The first-order chi connectivity index (χ1) is 9.36. The van der Waals surface area contributed by atoms with Crippen LogP contribution in [0, 0.1) is 5.92 Å². The van der Waals surface area contributed by atoms with E-state index in [2.05, 4.69) is 4.74 Å². The second-order valence-corrected chi connectivity index (χ2v) is 8.44. The zero-order valence-electron chi connectivity index (χ0n) is 11.3. The van der Waals surface area contributed by atoms with Gasteiger partial charge in [0.25, 0.3) is 0 Å². The van der Waals surface area contributed by atoms with E-state index >= 15 is 0 Å². The van der Waals surface area contributed by atoms with Crippen molar-refractivity contribution in [3.63, 3.8) is 0 Å². The molecule has 0 spiro atoms. The minimum absolute atomic E-state index is 0.0377. The summed E-state index contributed by atoms with van der Waals surface area (Å²) in [6.45, 7) is 2.96. The van der Waals surface area contributed by atoms with Crippen LogP contribution in [-0.2, 0) is 14.8 Å². The molecule has 1 aromatic rings. The molecule has 2 rings (SSSR count). The first-order valence-corrected chi connectivity index (χ1v) is 8.87. The Kier molecular flexibility index (Phi) is 4.73. The van der Waals surface area contributed by atoms with Gasteiger partial charge in [-0.2, -0.15) is 4.31 Å². The average Bonchev–Trinajstić information content (AvgIpc) is 2.80. The third-order valence-electron chi connectivity index (χ3n) is 3.28. The van der Waals surface area contributed by atoms with Crippen LogP contribution in [0.1, 0.15) is 29.4 Å². The first-order valence-electron chi connectivity index (χ1n) is 6.24. The van der Waals surface area contributed by atoms with E-state index in [1.807, 2.05) is 6.92 Å². The van der Waals surface area contributed by atoms with Crippen LogP contribution in [0.3, 0.4) is 0 Å². The Labute approximate surface area is 127 Å². The number of thiophene rings is 1. The number of methoxy groups -OCH3 is 1. The third-order valence-corrected chi connectivity index (χ3v) is 6.54. The molecule has 1 saturated heterocycles. The highest BCUT2D eigenvalue weighted by atomic mass is 35.5. The number of sulfonamides is 1. The lowest BCUT2D eigenvalue weighted by Crippen LogP contribution is -2.39. The molecule has 0 unspecified atom stereocenters. The van der Waals surface area contributed by atoms with Crippen molar-refractivity contribution in [3.8, 4) is 0 Å². The number of hydrogen-bond donors (Lipinski definition) is 0. The van der Waals surface area contributed by atoms with Crippen molar-refractivity contribution in [1.82, 2.24) is 4.31 Å². The second-order valence-electron chi connectivity index (χ2n) is 4.85. The average molecular weight is 338 g/mol. The summed E-state index contributed by atoms with van der Waals surface area (Å²) in [7, 11) is -2.48. The maximum Gasteiger partial charge on any atom is 0.349 e. The summed E-state index contributed by atoms with van der Waals surface area (Å²) in [4.78, 5) is 11.7. The van der Waals surface area contributed by atoms with E-state index in [0.717, 1.165) is 24.2 Å². The van der Waals surface area contributed by atoms with Gasteiger partial charge in [0.1, 0.15) is 9.77 Å². The van der Waals surface area contributed by atoms with Gasteiger partial charge in [-0.05, 0) is 24.8 Å². The van der Waals surface area contributed by atoms with Crippen LogP contribution in [0.4, 0.5) is 0 Å². The number of carbonyl (C=O) groups is 1. The van der Waals surface area contributed by atoms with Gasteiger partial charge in [-0.1, -0.05) is 18.5 Å². The fourth-order valence-electron chi connectivity index (χ4n) is 2.28. The molecule has 112 valence electrons. The number of esters is 1. The first kappa shape index (κ1) is 15.8. The van der Waals surface area contributed by atoms with E-state index in [-0.39, 0.29) is 14.1 Å². The highest BCUT2D eigenvalue weighted by molar-refractivity contribution is 7.89. The smallest absolute Gasteiger partial charge is 0.349 e. The van der Waals surface area contributed by atoms with Crippen LogP contribution >= 0.6 is 22.9 Å². The molecule has 1 aliphatic rings. The molecular formula is C12H16ClNO4S2. The Bertz CT molecular complexity index is 611. The molecule has 1 aliphatic heterocycles. The van der Waals surface area contributed by atoms with Crippen molar-refractivity contribution in [2.24, 2.45) is 5.92 Å². The summed E-state index contributed by atoms with van der Waals surface area (Å²) < 4.78 is 31.6. The largest absolute Gasteiger partial charge is 0.465 e. The van der Waals surface area contributed by atoms with Crippen molar-refractivity contribution in [3.05, 3.63) is 15.3 Å². The Morgan fingerprint density at radius 1 is 1.55 bits per heavy atom. The van der Waals surface area contributed by atoms with Crippen LogP contribution in [0.5, 0.6) is 0 Å². The lowest BCUT2D eigenvalue weighted by atomic mass is 10.0. The number of halogens is 1. The molecule has 1 fully saturated rings. The van der Waals surface area contributed by atoms with E-state index in [0.29, 0.717) is 19.0 Å². The topological polar surface area (TPSA) is 63.7 Å². The van der Waals surface area contributed by atoms with Gasteiger partial charge in [0.15, 0.2) is 0 Å². The summed E-state index contributed by atoms with van der Waals surface area (Å²) in [5, 5.41) is 0. The number of ether oxygens (including phenoxy) is 1.